The van der Waals surface area contributed by atoms with Crippen molar-refractivity contribution >= 4 is 51.5 Å². The molecule has 142 valence electrons. The molecule has 2 N–H and O–H groups in total. The quantitative estimate of drug-likeness (QED) is 0.460. The number of hydrogen-bond donors (Lipinski definition) is 2. The minimum atomic E-state index is -0.512. The molecule has 0 saturated carbocycles. The van der Waals surface area contributed by atoms with Crippen LogP contribution in [0.2, 0.25) is 15.1 Å². The van der Waals surface area contributed by atoms with Gasteiger partial charge in [-0.3, -0.25) is 4.79 Å². The number of benzene rings is 2. The molecule has 0 amide bonds. The minimum absolute atomic E-state index is 0.0894. The minimum Gasteiger partial charge on any atom is -0.374 e. The number of nitrogens with zero attached hydrogens (tertiary/aromatic N) is 3. The molecule has 0 bridgehead atoms. The summed E-state index contributed by atoms with van der Waals surface area (Å²) in [7, 11) is 0. The molecule has 0 spiro atoms. The Morgan fingerprint density at radius 2 is 1.89 bits per heavy atom. The van der Waals surface area contributed by atoms with Crippen LogP contribution in [0.3, 0.4) is 0 Å². The number of hydrogen-bond acceptors (Lipinski definition) is 4. The fourth-order valence-electron chi connectivity index (χ4n) is 2.83. The summed E-state index contributed by atoms with van der Waals surface area (Å²) >= 11 is 18.2. The van der Waals surface area contributed by atoms with Gasteiger partial charge in [-0.15, -0.1) is 0 Å². The van der Waals surface area contributed by atoms with Crippen LogP contribution >= 0.6 is 34.8 Å². The van der Waals surface area contributed by atoms with Gasteiger partial charge in [-0.1, -0.05) is 46.9 Å². The predicted molar refractivity (Wildman–Crippen MR) is 113 cm³/mol. The second-order valence-electron chi connectivity index (χ2n) is 6.19. The van der Waals surface area contributed by atoms with E-state index in [0.717, 1.165) is 21.5 Å². The largest absolute Gasteiger partial charge is 0.374 e. The molecule has 2 heterocycles. The molecule has 0 aliphatic rings. The van der Waals surface area contributed by atoms with Crippen LogP contribution in [0.25, 0.3) is 16.7 Å². The summed E-state index contributed by atoms with van der Waals surface area (Å²) in [6, 6.07) is 12.8. The molecule has 0 aliphatic carbocycles. The van der Waals surface area contributed by atoms with Gasteiger partial charge in [-0.25, -0.2) is 4.98 Å². The molecule has 0 radical (unpaired) electrons. The second kappa shape index (κ2) is 7.47. The fourth-order valence-corrected chi connectivity index (χ4v) is 3.31. The number of halogens is 3. The monoisotopic (exact) mass is 433 g/mol. The van der Waals surface area contributed by atoms with E-state index in [9.17, 15) is 4.79 Å². The summed E-state index contributed by atoms with van der Waals surface area (Å²) in [5.41, 5.74) is 2.54. The van der Waals surface area contributed by atoms with Crippen LogP contribution < -0.4 is 10.9 Å². The van der Waals surface area contributed by atoms with Gasteiger partial charge in [0.15, 0.2) is 0 Å². The van der Waals surface area contributed by atoms with Crippen LogP contribution in [0.4, 0.5) is 5.69 Å². The number of nitrogens with one attached hydrogen (secondary N) is 2. The van der Waals surface area contributed by atoms with E-state index in [4.69, 9.17) is 34.8 Å². The topological polar surface area (TPSA) is 75.6 Å². The lowest BCUT2D eigenvalue weighted by Gasteiger charge is -2.15. The molecular formula is C19H14Cl3N5O. The average molecular weight is 435 g/mol. The van der Waals surface area contributed by atoms with Crippen LogP contribution in [-0.4, -0.2) is 19.7 Å². The number of aromatic amines is 1. The van der Waals surface area contributed by atoms with Crippen molar-refractivity contribution in [2.75, 3.05) is 5.32 Å². The molecule has 28 heavy (non-hydrogen) atoms. The highest BCUT2D eigenvalue weighted by Gasteiger charge is 2.14. The molecule has 1 atom stereocenters. The third-order valence-corrected chi connectivity index (χ3v) is 5.32. The van der Waals surface area contributed by atoms with Crippen molar-refractivity contribution in [2.24, 2.45) is 0 Å². The summed E-state index contributed by atoms with van der Waals surface area (Å²) in [4.78, 5) is 20.1. The van der Waals surface area contributed by atoms with Crippen molar-refractivity contribution in [2.45, 2.75) is 13.0 Å². The first kappa shape index (κ1) is 18.8. The first-order valence-corrected chi connectivity index (χ1v) is 9.52. The van der Waals surface area contributed by atoms with Gasteiger partial charge in [-0.2, -0.15) is 9.78 Å². The lowest BCUT2D eigenvalue weighted by Crippen LogP contribution is -2.21. The lowest BCUT2D eigenvalue weighted by atomic mass is 10.2. The molecule has 1 unspecified atom stereocenters. The van der Waals surface area contributed by atoms with Gasteiger partial charge in [0.1, 0.15) is 10.8 Å². The molecule has 6 nitrogen and oxygen atoms in total. The van der Waals surface area contributed by atoms with Crippen LogP contribution in [0.1, 0.15) is 18.8 Å². The number of H-pyrrole nitrogens is 1. The Morgan fingerprint density at radius 1 is 1.11 bits per heavy atom. The molecule has 2 aromatic carbocycles. The Bertz CT molecular complexity index is 1200. The Hall–Kier alpha value is -2.54. The molecule has 0 fully saturated rings. The molecule has 4 aromatic rings. The van der Waals surface area contributed by atoms with E-state index in [2.05, 4.69) is 20.4 Å². The van der Waals surface area contributed by atoms with Gasteiger partial charge in [0.05, 0.1) is 44.7 Å². The van der Waals surface area contributed by atoms with Gasteiger partial charge < -0.3 is 10.3 Å². The van der Waals surface area contributed by atoms with Crippen LogP contribution in [0, 0.1) is 0 Å². The Balaban J connectivity index is 1.61. The smallest absolute Gasteiger partial charge is 0.291 e. The van der Waals surface area contributed by atoms with Gasteiger partial charge in [0.25, 0.3) is 5.56 Å². The standard InChI is InChI=1S/C19H14Cl3N5O/c1-10(18-25-15-4-2-3-5-16(15)26-18)24-14-7-6-11(8-12(14)20)27-19(28)17(22)13(21)9-23-27/h2-10,24H,1H3,(H,25,26). The number of rotatable bonds is 4. The first-order chi connectivity index (χ1) is 13.4. The third kappa shape index (κ3) is 3.46. The summed E-state index contributed by atoms with van der Waals surface area (Å²) in [5, 5.41) is 7.77. The van der Waals surface area contributed by atoms with E-state index in [1.807, 2.05) is 31.2 Å². The Kier molecular flexibility index (Phi) is 5.02. The Labute approximate surface area is 175 Å². The summed E-state index contributed by atoms with van der Waals surface area (Å²) in [5.74, 6) is 0.795. The van der Waals surface area contributed by atoms with Gasteiger partial charge >= 0.3 is 0 Å². The molecule has 0 saturated heterocycles. The van der Waals surface area contributed by atoms with Crippen molar-refractivity contribution in [1.82, 2.24) is 19.7 Å². The number of imidazole rings is 1. The molecule has 0 aliphatic heterocycles. The van der Waals surface area contributed by atoms with E-state index in [0.29, 0.717) is 16.4 Å². The molecular weight excluding hydrogens is 421 g/mol. The number of fused-ring (bicyclic) bond motifs is 1. The van der Waals surface area contributed by atoms with Crippen molar-refractivity contribution < 1.29 is 0 Å². The summed E-state index contributed by atoms with van der Waals surface area (Å²) in [6.45, 7) is 1.98. The van der Waals surface area contributed by atoms with Crippen molar-refractivity contribution in [3.8, 4) is 5.69 Å². The zero-order valence-electron chi connectivity index (χ0n) is 14.6. The van der Waals surface area contributed by atoms with E-state index in [-0.39, 0.29) is 16.1 Å². The number of aromatic nitrogens is 4. The van der Waals surface area contributed by atoms with Gasteiger partial charge in [-0.05, 0) is 37.3 Å². The highest BCUT2D eigenvalue weighted by atomic mass is 35.5. The maximum Gasteiger partial charge on any atom is 0.291 e. The predicted octanol–water partition coefficient (Wildman–Crippen LogP) is 5.24. The number of anilines is 1. The molecule has 9 heteroatoms. The van der Waals surface area contributed by atoms with Crippen molar-refractivity contribution in [3.63, 3.8) is 0 Å². The van der Waals surface area contributed by atoms with E-state index in [1.54, 1.807) is 18.2 Å². The number of para-hydroxylation sites is 2. The lowest BCUT2D eigenvalue weighted by molar-refractivity contribution is 0.804. The van der Waals surface area contributed by atoms with Crippen LogP contribution in [-0.2, 0) is 0 Å². The highest BCUT2D eigenvalue weighted by molar-refractivity contribution is 6.41. The maximum atomic E-state index is 12.2. The second-order valence-corrected chi connectivity index (χ2v) is 7.39. The highest BCUT2D eigenvalue weighted by Crippen LogP contribution is 2.28. The summed E-state index contributed by atoms with van der Waals surface area (Å²) in [6.07, 6.45) is 1.31. The van der Waals surface area contributed by atoms with Gasteiger partial charge in [0, 0.05) is 0 Å². The molecule has 2 aromatic heterocycles. The van der Waals surface area contributed by atoms with Crippen LogP contribution in [0.5, 0.6) is 0 Å². The third-order valence-electron chi connectivity index (χ3n) is 4.26. The van der Waals surface area contributed by atoms with E-state index in [1.165, 1.54) is 6.20 Å². The van der Waals surface area contributed by atoms with E-state index >= 15 is 0 Å². The van der Waals surface area contributed by atoms with Crippen molar-refractivity contribution in [1.29, 1.82) is 0 Å². The zero-order chi connectivity index (χ0) is 19.8. The van der Waals surface area contributed by atoms with Gasteiger partial charge in [0.2, 0.25) is 0 Å². The maximum absolute atomic E-state index is 12.2. The Morgan fingerprint density at radius 3 is 2.64 bits per heavy atom. The average Bonchev–Trinajstić information content (AvgIpc) is 3.12. The first-order valence-electron chi connectivity index (χ1n) is 8.38. The van der Waals surface area contributed by atoms with Crippen molar-refractivity contribution in [3.05, 3.63) is 79.9 Å². The SMILES string of the molecule is CC(Nc1ccc(-n2ncc(Cl)c(Cl)c2=O)cc1Cl)c1nc2ccccc2[nH]1. The van der Waals surface area contributed by atoms with Crippen LogP contribution in [0.15, 0.2) is 53.5 Å². The van der Waals surface area contributed by atoms with E-state index < -0.39 is 5.56 Å². The summed E-state index contributed by atoms with van der Waals surface area (Å²) < 4.78 is 1.15. The normalized spacial score (nSPS) is 12.3. The molecule has 4 rings (SSSR count). The fraction of sp³-hybridized carbons (Fsp3) is 0.105. The zero-order valence-corrected chi connectivity index (χ0v) is 16.8.